The number of rotatable bonds is 4. The van der Waals surface area contributed by atoms with E-state index in [2.05, 4.69) is 15.9 Å². The number of aliphatic hydroxyl groups excluding tert-OH is 1. The van der Waals surface area contributed by atoms with Crippen LogP contribution in [0.2, 0.25) is 0 Å². The second-order valence-corrected chi connectivity index (χ2v) is 6.76. The molecule has 0 aliphatic rings. The highest BCUT2D eigenvalue weighted by Crippen LogP contribution is 2.24. The van der Waals surface area contributed by atoms with Crippen molar-refractivity contribution in [3.63, 3.8) is 0 Å². The molecule has 2 aromatic rings. The number of carbonyl (C=O) groups is 1. The summed E-state index contributed by atoms with van der Waals surface area (Å²) in [6, 6.07) is 12.9. The Morgan fingerprint density at radius 3 is 2.58 bits per heavy atom. The lowest BCUT2D eigenvalue weighted by Gasteiger charge is -2.20. The highest BCUT2D eigenvalue weighted by Gasteiger charge is 2.21. The molecule has 5 heteroatoms. The van der Waals surface area contributed by atoms with Crippen LogP contribution in [0.25, 0.3) is 0 Å². The van der Waals surface area contributed by atoms with Gasteiger partial charge < -0.3 is 10.0 Å². The first-order chi connectivity index (χ1) is 9.08. The second-order valence-electron chi connectivity index (χ2n) is 4.21. The lowest BCUT2D eigenvalue weighted by Crippen LogP contribution is -2.31. The van der Waals surface area contributed by atoms with Crippen LogP contribution in [-0.4, -0.2) is 23.0 Å². The largest absolute Gasteiger partial charge is 0.378 e. The zero-order valence-electron chi connectivity index (χ0n) is 10.4. The Morgan fingerprint density at radius 1 is 1.32 bits per heavy atom. The van der Waals surface area contributed by atoms with E-state index >= 15 is 0 Å². The molecule has 0 spiro atoms. The van der Waals surface area contributed by atoms with Crippen molar-refractivity contribution in [1.82, 2.24) is 4.90 Å². The van der Waals surface area contributed by atoms with E-state index in [1.165, 1.54) is 4.90 Å². The fourth-order valence-electron chi connectivity index (χ4n) is 1.74. The van der Waals surface area contributed by atoms with Gasteiger partial charge in [0.1, 0.15) is 0 Å². The van der Waals surface area contributed by atoms with Gasteiger partial charge in [-0.1, -0.05) is 30.3 Å². The summed E-state index contributed by atoms with van der Waals surface area (Å²) in [5.41, 5.74) is 0.617. The number of thiophene rings is 1. The molecule has 0 aliphatic carbocycles. The lowest BCUT2D eigenvalue weighted by molar-refractivity contribution is -0.139. The quantitative estimate of drug-likeness (QED) is 0.929. The smallest absolute Gasteiger partial charge is 0.256 e. The molecule has 0 fully saturated rings. The van der Waals surface area contributed by atoms with Gasteiger partial charge in [0.25, 0.3) is 5.91 Å². The molecule has 1 unspecified atom stereocenters. The fraction of sp³-hybridized carbons (Fsp3) is 0.214. The molecule has 100 valence electrons. The molecule has 1 atom stereocenters. The Bertz CT molecular complexity index is 556. The molecule has 0 bridgehead atoms. The first kappa shape index (κ1) is 14.2. The first-order valence-electron chi connectivity index (χ1n) is 5.80. The van der Waals surface area contributed by atoms with Crippen molar-refractivity contribution in [2.24, 2.45) is 0 Å². The van der Waals surface area contributed by atoms with Crippen molar-refractivity contribution < 1.29 is 9.90 Å². The van der Waals surface area contributed by atoms with Crippen LogP contribution in [0.3, 0.4) is 0 Å². The number of aliphatic hydroxyl groups is 1. The van der Waals surface area contributed by atoms with E-state index in [0.717, 1.165) is 8.66 Å². The van der Waals surface area contributed by atoms with E-state index in [9.17, 15) is 9.90 Å². The van der Waals surface area contributed by atoms with Crippen LogP contribution in [0.15, 0.2) is 46.3 Å². The first-order valence-corrected chi connectivity index (χ1v) is 7.41. The maximum atomic E-state index is 12.1. The number of benzene rings is 1. The van der Waals surface area contributed by atoms with E-state index in [1.54, 1.807) is 30.5 Å². The maximum Gasteiger partial charge on any atom is 0.256 e. The SMILES string of the molecule is CN(Cc1ccc(Br)s1)C(=O)C(O)c1ccccc1. The van der Waals surface area contributed by atoms with Crippen molar-refractivity contribution in [3.8, 4) is 0 Å². The summed E-state index contributed by atoms with van der Waals surface area (Å²) in [6.45, 7) is 0.499. The molecule has 1 heterocycles. The summed E-state index contributed by atoms with van der Waals surface area (Å²) >= 11 is 4.97. The van der Waals surface area contributed by atoms with Gasteiger partial charge in [-0.3, -0.25) is 4.79 Å². The minimum Gasteiger partial charge on any atom is -0.378 e. The van der Waals surface area contributed by atoms with Gasteiger partial charge in [0, 0.05) is 11.9 Å². The third-order valence-corrected chi connectivity index (χ3v) is 4.36. The van der Waals surface area contributed by atoms with E-state index < -0.39 is 6.10 Å². The predicted molar refractivity (Wildman–Crippen MR) is 79.9 cm³/mol. The van der Waals surface area contributed by atoms with E-state index in [-0.39, 0.29) is 5.91 Å². The van der Waals surface area contributed by atoms with Crippen LogP contribution in [0, 0.1) is 0 Å². The van der Waals surface area contributed by atoms with Gasteiger partial charge >= 0.3 is 0 Å². The van der Waals surface area contributed by atoms with Gasteiger partial charge in [0.2, 0.25) is 0 Å². The van der Waals surface area contributed by atoms with Crippen LogP contribution < -0.4 is 0 Å². The molecule has 1 aromatic carbocycles. The topological polar surface area (TPSA) is 40.5 Å². The highest BCUT2D eigenvalue weighted by molar-refractivity contribution is 9.11. The van der Waals surface area contributed by atoms with Crippen LogP contribution in [0.4, 0.5) is 0 Å². The average Bonchev–Trinajstić information content (AvgIpc) is 2.83. The molecule has 1 aromatic heterocycles. The molecule has 0 radical (unpaired) electrons. The zero-order valence-corrected chi connectivity index (χ0v) is 12.8. The summed E-state index contributed by atoms with van der Waals surface area (Å²) in [5, 5.41) is 10.0. The van der Waals surface area contributed by atoms with Gasteiger partial charge in [-0.2, -0.15) is 0 Å². The second kappa shape index (κ2) is 6.32. The number of likely N-dealkylation sites (N-methyl/N-ethyl adjacent to an activating group) is 1. The predicted octanol–water partition coefficient (Wildman–Crippen LogP) is 3.20. The standard InChI is InChI=1S/C14H14BrNO2S/c1-16(9-11-7-8-12(15)19-11)14(18)13(17)10-5-3-2-4-6-10/h2-8,13,17H,9H2,1H3. The molecule has 1 N–H and O–H groups in total. The van der Waals surface area contributed by atoms with E-state index in [0.29, 0.717) is 12.1 Å². The molecule has 19 heavy (non-hydrogen) atoms. The summed E-state index contributed by atoms with van der Waals surface area (Å²) in [7, 11) is 1.70. The Kier molecular flexibility index (Phi) is 4.74. The van der Waals surface area contributed by atoms with Crippen LogP contribution >= 0.6 is 27.3 Å². The molecular weight excluding hydrogens is 326 g/mol. The molecule has 0 saturated carbocycles. The zero-order chi connectivity index (χ0) is 13.8. The van der Waals surface area contributed by atoms with Gasteiger partial charge in [-0.05, 0) is 33.6 Å². The van der Waals surface area contributed by atoms with Crippen molar-refractivity contribution in [3.05, 3.63) is 56.7 Å². The Hall–Kier alpha value is -1.17. The highest BCUT2D eigenvalue weighted by atomic mass is 79.9. The normalized spacial score (nSPS) is 12.2. The Balaban J connectivity index is 2.03. The van der Waals surface area contributed by atoms with E-state index in [1.807, 2.05) is 30.3 Å². The molecular formula is C14H14BrNO2S. The number of halogens is 1. The number of amides is 1. The van der Waals surface area contributed by atoms with Crippen LogP contribution in [0.1, 0.15) is 16.5 Å². The van der Waals surface area contributed by atoms with E-state index in [4.69, 9.17) is 0 Å². The monoisotopic (exact) mass is 339 g/mol. The van der Waals surface area contributed by atoms with Crippen LogP contribution in [-0.2, 0) is 11.3 Å². The summed E-state index contributed by atoms with van der Waals surface area (Å²) in [4.78, 5) is 14.7. The molecule has 2 rings (SSSR count). The van der Waals surface area contributed by atoms with Gasteiger partial charge in [0.15, 0.2) is 6.10 Å². The van der Waals surface area contributed by atoms with Crippen molar-refractivity contribution in [2.75, 3.05) is 7.05 Å². The summed E-state index contributed by atoms with van der Waals surface area (Å²) < 4.78 is 1.03. The van der Waals surface area contributed by atoms with Gasteiger partial charge in [-0.25, -0.2) is 0 Å². The van der Waals surface area contributed by atoms with Crippen molar-refractivity contribution in [2.45, 2.75) is 12.6 Å². The third kappa shape index (κ3) is 3.65. The molecule has 1 amide bonds. The summed E-state index contributed by atoms with van der Waals surface area (Å²) in [5.74, 6) is -0.296. The maximum absolute atomic E-state index is 12.1. The third-order valence-electron chi connectivity index (χ3n) is 2.75. The van der Waals surface area contributed by atoms with Crippen molar-refractivity contribution >= 4 is 33.2 Å². The van der Waals surface area contributed by atoms with Crippen molar-refractivity contribution in [1.29, 1.82) is 0 Å². The molecule has 0 saturated heterocycles. The minimum absolute atomic E-state index is 0.296. The summed E-state index contributed by atoms with van der Waals surface area (Å²) in [6.07, 6.45) is -1.10. The average molecular weight is 340 g/mol. The Labute approximate surface area is 124 Å². The molecule has 0 aliphatic heterocycles. The number of nitrogens with zero attached hydrogens (tertiary/aromatic N) is 1. The number of carbonyl (C=O) groups excluding carboxylic acids is 1. The molecule has 3 nitrogen and oxygen atoms in total. The minimum atomic E-state index is -1.10. The Morgan fingerprint density at radius 2 is 2.00 bits per heavy atom. The van der Waals surface area contributed by atoms with Gasteiger partial charge in [0.05, 0.1) is 10.3 Å². The lowest BCUT2D eigenvalue weighted by atomic mass is 10.1. The number of hydrogen-bond acceptors (Lipinski definition) is 3. The van der Waals surface area contributed by atoms with Crippen LogP contribution in [0.5, 0.6) is 0 Å². The number of hydrogen-bond donors (Lipinski definition) is 1. The fourth-order valence-corrected chi connectivity index (χ4v) is 3.27. The van der Waals surface area contributed by atoms with Gasteiger partial charge in [-0.15, -0.1) is 11.3 Å².